The molecule has 0 aromatic heterocycles. The van der Waals surface area contributed by atoms with Gasteiger partial charge < -0.3 is 4.74 Å². The highest BCUT2D eigenvalue weighted by atomic mass is 32.2. The van der Waals surface area contributed by atoms with Crippen LogP contribution >= 0.6 is 0 Å². The molecule has 1 heterocycles. The van der Waals surface area contributed by atoms with Gasteiger partial charge in [-0.2, -0.15) is 8.61 Å². The SMILES string of the molecule is CC[C@H](C)c1ccc(S(=O)(=O)N2CCN(S(=O)(=O)c3ccc(OC)cc3)CC2)cc1. The van der Waals surface area contributed by atoms with E-state index in [1.54, 1.807) is 24.3 Å². The first kappa shape index (κ1) is 22.7. The first-order chi connectivity index (χ1) is 14.2. The van der Waals surface area contributed by atoms with Crippen LogP contribution in [0.1, 0.15) is 31.7 Å². The van der Waals surface area contributed by atoms with Gasteiger partial charge in [-0.05, 0) is 54.3 Å². The van der Waals surface area contributed by atoms with E-state index in [0.717, 1.165) is 12.0 Å². The van der Waals surface area contributed by atoms with Crippen LogP contribution in [0.3, 0.4) is 0 Å². The molecule has 0 radical (unpaired) electrons. The lowest BCUT2D eigenvalue weighted by Gasteiger charge is -2.33. The number of sulfonamides is 2. The standard InChI is InChI=1S/C21H28N2O5S2/c1-4-17(2)18-5-9-20(10-6-18)29(24,25)22-13-15-23(16-14-22)30(26,27)21-11-7-19(28-3)8-12-21/h5-12,17H,4,13-16H2,1-3H3/t17-/m0/s1. The van der Waals surface area contributed by atoms with Crippen molar-refractivity contribution in [3.8, 4) is 5.75 Å². The van der Waals surface area contributed by atoms with Crippen molar-refractivity contribution in [2.24, 2.45) is 0 Å². The lowest BCUT2D eigenvalue weighted by atomic mass is 9.99. The van der Waals surface area contributed by atoms with E-state index < -0.39 is 20.0 Å². The van der Waals surface area contributed by atoms with Gasteiger partial charge in [0.15, 0.2) is 0 Å². The number of rotatable bonds is 7. The molecular formula is C21H28N2O5S2. The van der Waals surface area contributed by atoms with E-state index in [2.05, 4.69) is 13.8 Å². The van der Waals surface area contributed by atoms with Gasteiger partial charge in [-0.3, -0.25) is 0 Å². The summed E-state index contributed by atoms with van der Waals surface area (Å²) in [4.78, 5) is 0.404. The molecule has 2 aromatic rings. The van der Waals surface area contributed by atoms with Gasteiger partial charge in [-0.25, -0.2) is 16.8 Å². The van der Waals surface area contributed by atoms with Crippen molar-refractivity contribution in [1.29, 1.82) is 0 Å². The Morgan fingerprint density at radius 3 is 1.57 bits per heavy atom. The number of piperazine rings is 1. The van der Waals surface area contributed by atoms with E-state index in [0.29, 0.717) is 11.7 Å². The van der Waals surface area contributed by atoms with E-state index in [-0.39, 0.29) is 36.0 Å². The summed E-state index contributed by atoms with van der Waals surface area (Å²) < 4.78 is 59.4. The van der Waals surface area contributed by atoms with Crippen molar-refractivity contribution < 1.29 is 21.6 Å². The molecule has 3 rings (SSSR count). The van der Waals surface area contributed by atoms with Gasteiger partial charge in [0.1, 0.15) is 5.75 Å². The van der Waals surface area contributed by atoms with Crippen LogP contribution in [0.5, 0.6) is 5.75 Å². The zero-order valence-corrected chi connectivity index (χ0v) is 19.1. The van der Waals surface area contributed by atoms with Crippen LogP contribution in [0.2, 0.25) is 0 Å². The molecule has 1 saturated heterocycles. The zero-order chi connectivity index (χ0) is 21.9. The van der Waals surface area contributed by atoms with E-state index in [1.165, 1.54) is 27.9 Å². The molecule has 30 heavy (non-hydrogen) atoms. The highest BCUT2D eigenvalue weighted by molar-refractivity contribution is 7.89. The minimum atomic E-state index is -3.68. The van der Waals surface area contributed by atoms with Crippen LogP contribution in [0, 0.1) is 0 Å². The van der Waals surface area contributed by atoms with Gasteiger partial charge in [0.25, 0.3) is 0 Å². The Morgan fingerprint density at radius 2 is 1.20 bits per heavy atom. The molecular weight excluding hydrogens is 424 g/mol. The Morgan fingerprint density at radius 1 is 0.800 bits per heavy atom. The maximum Gasteiger partial charge on any atom is 0.243 e. The quantitative estimate of drug-likeness (QED) is 0.645. The number of hydrogen-bond acceptors (Lipinski definition) is 5. The number of methoxy groups -OCH3 is 1. The topological polar surface area (TPSA) is 84.0 Å². The van der Waals surface area contributed by atoms with E-state index in [1.807, 2.05) is 12.1 Å². The number of nitrogens with zero attached hydrogens (tertiary/aromatic N) is 2. The van der Waals surface area contributed by atoms with E-state index in [9.17, 15) is 16.8 Å². The fraction of sp³-hybridized carbons (Fsp3) is 0.429. The van der Waals surface area contributed by atoms with Crippen LogP contribution in [0.25, 0.3) is 0 Å². The normalized spacial score (nSPS) is 17.6. The molecule has 1 atom stereocenters. The van der Waals surface area contributed by atoms with Gasteiger partial charge in [0.05, 0.1) is 16.9 Å². The molecule has 164 valence electrons. The van der Waals surface area contributed by atoms with Crippen LogP contribution in [-0.4, -0.2) is 58.7 Å². The molecule has 0 aliphatic carbocycles. The smallest absolute Gasteiger partial charge is 0.243 e. The van der Waals surface area contributed by atoms with Crippen LogP contribution in [0.15, 0.2) is 58.3 Å². The van der Waals surface area contributed by atoms with Crippen molar-refractivity contribution in [2.75, 3.05) is 33.3 Å². The molecule has 0 N–H and O–H groups in total. The van der Waals surface area contributed by atoms with Crippen LogP contribution in [-0.2, 0) is 20.0 Å². The van der Waals surface area contributed by atoms with Crippen LogP contribution in [0.4, 0.5) is 0 Å². The average molecular weight is 453 g/mol. The maximum atomic E-state index is 13.0. The molecule has 1 aliphatic heterocycles. The summed E-state index contributed by atoms with van der Waals surface area (Å²) >= 11 is 0. The summed E-state index contributed by atoms with van der Waals surface area (Å²) in [7, 11) is -5.83. The Hall–Kier alpha value is -1.94. The van der Waals surface area contributed by atoms with Crippen LogP contribution < -0.4 is 4.74 Å². The van der Waals surface area contributed by atoms with Gasteiger partial charge >= 0.3 is 0 Å². The van der Waals surface area contributed by atoms with Gasteiger partial charge in [-0.1, -0.05) is 26.0 Å². The van der Waals surface area contributed by atoms with Crippen molar-refractivity contribution in [3.63, 3.8) is 0 Å². The molecule has 0 amide bonds. The zero-order valence-electron chi connectivity index (χ0n) is 17.5. The molecule has 2 aromatic carbocycles. The number of benzene rings is 2. The summed E-state index contributed by atoms with van der Waals surface area (Å²) in [6, 6.07) is 13.2. The second-order valence-corrected chi connectivity index (χ2v) is 11.2. The van der Waals surface area contributed by atoms with E-state index >= 15 is 0 Å². The summed E-state index contributed by atoms with van der Waals surface area (Å²) in [6.45, 7) is 4.65. The molecule has 9 heteroatoms. The monoisotopic (exact) mass is 452 g/mol. The molecule has 0 unspecified atom stereocenters. The average Bonchev–Trinajstić information content (AvgIpc) is 2.78. The predicted molar refractivity (Wildman–Crippen MR) is 116 cm³/mol. The summed E-state index contributed by atoms with van der Waals surface area (Å²) in [5.74, 6) is 0.942. The van der Waals surface area contributed by atoms with Crippen molar-refractivity contribution in [1.82, 2.24) is 8.61 Å². The fourth-order valence-electron chi connectivity index (χ4n) is 3.40. The second kappa shape index (κ2) is 9.05. The lowest BCUT2D eigenvalue weighted by molar-refractivity contribution is 0.273. The summed E-state index contributed by atoms with van der Waals surface area (Å²) in [5.41, 5.74) is 1.10. The first-order valence-corrected chi connectivity index (χ1v) is 12.8. The largest absolute Gasteiger partial charge is 0.497 e. The third-order valence-corrected chi connectivity index (χ3v) is 9.42. The molecule has 0 bridgehead atoms. The van der Waals surface area contributed by atoms with E-state index in [4.69, 9.17) is 4.74 Å². The minimum Gasteiger partial charge on any atom is -0.497 e. The molecule has 7 nitrogen and oxygen atoms in total. The lowest BCUT2D eigenvalue weighted by Crippen LogP contribution is -2.50. The molecule has 0 saturated carbocycles. The fourth-order valence-corrected chi connectivity index (χ4v) is 6.24. The molecule has 1 aliphatic rings. The summed E-state index contributed by atoms with van der Waals surface area (Å²) in [5, 5.41) is 0. The second-order valence-electron chi connectivity index (χ2n) is 7.36. The van der Waals surface area contributed by atoms with Gasteiger partial charge in [0, 0.05) is 26.2 Å². The predicted octanol–water partition coefficient (Wildman–Crippen LogP) is 2.90. The van der Waals surface area contributed by atoms with Crippen molar-refractivity contribution in [2.45, 2.75) is 36.0 Å². The highest BCUT2D eigenvalue weighted by Crippen LogP contribution is 2.25. The first-order valence-electron chi connectivity index (χ1n) is 9.94. The minimum absolute atomic E-state index is 0.110. The Labute approximate surface area is 179 Å². The molecule has 1 fully saturated rings. The Kier molecular flexibility index (Phi) is 6.86. The maximum absolute atomic E-state index is 13.0. The third-order valence-electron chi connectivity index (χ3n) is 5.59. The Bertz CT molecular complexity index is 1060. The number of ether oxygens (including phenoxy) is 1. The van der Waals surface area contributed by atoms with Gasteiger partial charge in [0.2, 0.25) is 20.0 Å². The number of hydrogen-bond donors (Lipinski definition) is 0. The third kappa shape index (κ3) is 4.54. The summed E-state index contributed by atoms with van der Waals surface area (Å²) in [6.07, 6.45) is 0.983. The van der Waals surface area contributed by atoms with Crippen molar-refractivity contribution in [3.05, 3.63) is 54.1 Å². The highest BCUT2D eigenvalue weighted by Gasteiger charge is 2.33. The Balaban J connectivity index is 1.70. The van der Waals surface area contributed by atoms with Gasteiger partial charge in [-0.15, -0.1) is 0 Å². The van der Waals surface area contributed by atoms with Crippen molar-refractivity contribution >= 4 is 20.0 Å². The molecule has 0 spiro atoms.